The second-order valence-corrected chi connectivity index (χ2v) is 10.3. The fourth-order valence-electron chi connectivity index (χ4n) is 4.43. The molecule has 0 spiro atoms. The van der Waals surface area contributed by atoms with Crippen LogP contribution in [0.4, 0.5) is 0 Å². The van der Waals surface area contributed by atoms with Gasteiger partial charge in [-0.1, -0.05) is 85.3 Å². The highest BCUT2D eigenvalue weighted by Gasteiger charge is 2.11. The predicted molar refractivity (Wildman–Crippen MR) is 169 cm³/mol. The van der Waals surface area contributed by atoms with Crippen molar-refractivity contribution in [2.75, 3.05) is 0 Å². The van der Waals surface area contributed by atoms with Gasteiger partial charge in [-0.05, 0) is 96.8 Å². The third-order valence-electron chi connectivity index (χ3n) is 7.16. The number of aromatic carboxylic acids is 1. The van der Waals surface area contributed by atoms with Crippen molar-refractivity contribution in [3.05, 3.63) is 136 Å². The summed E-state index contributed by atoms with van der Waals surface area (Å²) in [5, 5.41) is 12.1. The van der Waals surface area contributed by atoms with Gasteiger partial charge in [-0.15, -0.1) is 0 Å². The van der Waals surface area contributed by atoms with Crippen molar-refractivity contribution in [3.8, 4) is 11.1 Å². The van der Waals surface area contributed by atoms with Gasteiger partial charge in [0.05, 0.1) is 5.56 Å². The highest BCUT2D eigenvalue weighted by molar-refractivity contribution is 5.96. The number of allylic oxidation sites excluding steroid dienone is 2. The summed E-state index contributed by atoms with van der Waals surface area (Å²) in [5.41, 5.74) is 16.6. The van der Waals surface area contributed by atoms with E-state index < -0.39 is 5.97 Å². The molecule has 4 N–H and O–H groups in total. The van der Waals surface area contributed by atoms with Gasteiger partial charge in [0, 0.05) is 18.7 Å². The lowest BCUT2D eigenvalue weighted by atomic mass is 9.96. The maximum absolute atomic E-state index is 12.5. The second kappa shape index (κ2) is 14.8. The topological polar surface area (TPSA) is 92.4 Å². The second-order valence-electron chi connectivity index (χ2n) is 10.3. The molecule has 0 unspecified atom stereocenters. The summed E-state index contributed by atoms with van der Waals surface area (Å²) >= 11 is 0. The molecule has 0 fully saturated rings. The Morgan fingerprint density at radius 1 is 0.780 bits per heavy atom. The number of carboxylic acids is 1. The van der Waals surface area contributed by atoms with E-state index in [2.05, 4.69) is 39.9 Å². The molecule has 0 aliphatic heterocycles. The average molecular weight is 549 g/mol. The number of hydrogen-bond donors (Lipinski definition) is 3. The molecule has 212 valence electrons. The molecule has 0 aliphatic rings. The first-order valence-electron chi connectivity index (χ1n) is 13.9. The molecule has 0 bridgehead atoms. The molecule has 0 aromatic heterocycles. The summed E-state index contributed by atoms with van der Waals surface area (Å²) in [7, 11) is 0. The number of amides is 1. The Hall–Kier alpha value is -4.48. The van der Waals surface area contributed by atoms with Crippen LogP contribution in [0.1, 0.15) is 76.2 Å². The summed E-state index contributed by atoms with van der Waals surface area (Å²) in [6.07, 6.45) is 0.987. The van der Waals surface area contributed by atoms with Crippen LogP contribution in [0, 0.1) is 6.92 Å². The number of aryl methyl sites for hydroxylation is 2. The highest BCUT2D eigenvalue weighted by Crippen LogP contribution is 2.25. The smallest absolute Gasteiger partial charge is 0.336 e. The molecule has 0 radical (unpaired) electrons. The molecule has 4 aromatic carbocycles. The van der Waals surface area contributed by atoms with Gasteiger partial charge in [-0.3, -0.25) is 4.79 Å². The first-order valence-corrected chi connectivity index (χ1v) is 13.9. The molecular formula is C36H40N2O3. The summed E-state index contributed by atoms with van der Waals surface area (Å²) in [6.45, 7) is 11.4. The zero-order valence-corrected chi connectivity index (χ0v) is 24.6. The minimum Gasteiger partial charge on any atom is -0.478 e. The molecular weight excluding hydrogens is 508 g/mol. The van der Waals surface area contributed by atoms with Crippen LogP contribution in [0.5, 0.6) is 0 Å². The average Bonchev–Trinajstić information content (AvgIpc) is 3.00. The fraction of sp³-hybridized carbons (Fsp3) is 0.222. The van der Waals surface area contributed by atoms with Crippen LogP contribution in [-0.4, -0.2) is 17.0 Å². The van der Waals surface area contributed by atoms with Crippen LogP contribution in [0.2, 0.25) is 0 Å². The fourth-order valence-corrected chi connectivity index (χ4v) is 4.43. The monoisotopic (exact) mass is 548 g/mol. The molecule has 41 heavy (non-hydrogen) atoms. The number of hydrogen-bond acceptors (Lipinski definition) is 3. The standard InChI is InChI=1S/C21H26N2O.C15H14O2/c1-14(2)16(4)20-11-19(9-8-15(20)3)21(24)23-13-18-7-5-6-17(10-18)12-22;1-2-11-7-9-12(10-8-11)13-5-3-4-6-14(13)15(16)17/h5-11H,12-13,22H2,1-4H3,(H,23,24);3-10H,2H2,1H3,(H,16,17). The maximum Gasteiger partial charge on any atom is 0.336 e. The Labute approximate surface area is 243 Å². The van der Waals surface area contributed by atoms with Gasteiger partial charge in [0.15, 0.2) is 0 Å². The van der Waals surface area contributed by atoms with Gasteiger partial charge < -0.3 is 16.2 Å². The quantitative estimate of drug-likeness (QED) is 0.209. The lowest BCUT2D eigenvalue weighted by Gasteiger charge is -2.12. The van der Waals surface area contributed by atoms with E-state index in [1.54, 1.807) is 12.1 Å². The first-order chi connectivity index (χ1) is 19.6. The Balaban J connectivity index is 0.000000239. The maximum atomic E-state index is 12.5. The Morgan fingerprint density at radius 2 is 1.46 bits per heavy atom. The van der Waals surface area contributed by atoms with Gasteiger partial charge in [-0.25, -0.2) is 4.79 Å². The zero-order chi connectivity index (χ0) is 29.9. The van der Waals surface area contributed by atoms with Crippen molar-refractivity contribution in [3.63, 3.8) is 0 Å². The summed E-state index contributed by atoms with van der Waals surface area (Å²) < 4.78 is 0. The van der Waals surface area contributed by atoms with E-state index in [1.807, 2.05) is 78.9 Å². The van der Waals surface area contributed by atoms with Crippen molar-refractivity contribution in [2.45, 2.75) is 54.1 Å². The summed E-state index contributed by atoms with van der Waals surface area (Å²) in [6, 6.07) is 28.9. The largest absolute Gasteiger partial charge is 0.478 e. The van der Waals surface area contributed by atoms with Crippen molar-refractivity contribution in [2.24, 2.45) is 5.73 Å². The molecule has 4 rings (SSSR count). The minimum atomic E-state index is -0.889. The highest BCUT2D eigenvalue weighted by atomic mass is 16.4. The van der Waals surface area contributed by atoms with Crippen molar-refractivity contribution >= 4 is 17.4 Å². The lowest BCUT2D eigenvalue weighted by molar-refractivity contribution is 0.0697. The molecule has 4 aromatic rings. The van der Waals surface area contributed by atoms with Gasteiger partial charge in [0.1, 0.15) is 0 Å². The van der Waals surface area contributed by atoms with Crippen LogP contribution in [0.15, 0.2) is 96.6 Å². The third-order valence-corrected chi connectivity index (χ3v) is 7.16. The molecule has 0 heterocycles. The Kier molecular flexibility index (Phi) is 11.2. The van der Waals surface area contributed by atoms with Gasteiger partial charge in [-0.2, -0.15) is 0 Å². The van der Waals surface area contributed by atoms with Crippen molar-refractivity contribution < 1.29 is 14.7 Å². The zero-order valence-electron chi connectivity index (χ0n) is 24.6. The normalized spacial score (nSPS) is 10.3. The van der Waals surface area contributed by atoms with E-state index >= 15 is 0 Å². The summed E-state index contributed by atoms with van der Waals surface area (Å²) in [4.78, 5) is 23.6. The Morgan fingerprint density at radius 3 is 2.10 bits per heavy atom. The Bertz CT molecular complexity index is 1530. The van der Waals surface area contributed by atoms with Crippen LogP contribution in [0.3, 0.4) is 0 Å². The van der Waals surface area contributed by atoms with Gasteiger partial charge >= 0.3 is 5.97 Å². The molecule has 0 saturated heterocycles. The third kappa shape index (κ3) is 8.50. The summed E-state index contributed by atoms with van der Waals surface area (Å²) in [5.74, 6) is -0.948. The molecule has 0 saturated carbocycles. The first kappa shape index (κ1) is 31.1. The van der Waals surface area contributed by atoms with E-state index in [1.165, 1.54) is 22.3 Å². The van der Waals surface area contributed by atoms with E-state index in [0.29, 0.717) is 24.2 Å². The predicted octanol–water partition coefficient (Wildman–Crippen LogP) is 7.81. The van der Waals surface area contributed by atoms with Crippen LogP contribution < -0.4 is 11.1 Å². The molecule has 5 nitrogen and oxygen atoms in total. The molecule has 0 atom stereocenters. The van der Waals surface area contributed by atoms with Crippen LogP contribution in [0.25, 0.3) is 16.7 Å². The lowest BCUT2D eigenvalue weighted by Crippen LogP contribution is -2.23. The number of carbonyl (C=O) groups is 2. The van der Waals surface area contributed by atoms with Crippen LogP contribution in [-0.2, 0) is 19.5 Å². The minimum absolute atomic E-state index is 0.0593. The number of rotatable bonds is 8. The number of benzene rings is 4. The van der Waals surface area contributed by atoms with E-state index in [0.717, 1.165) is 34.2 Å². The number of nitrogens with two attached hydrogens (primary N) is 1. The van der Waals surface area contributed by atoms with E-state index in [4.69, 9.17) is 10.8 Å². The molecule has 5 heteroatoms. The van der Waals surface area contributed by atoms with Gasteiger partial charge in [0.2, 0.25) is 0 Å². The van der Waals surface area contributed by atoms with Crippen LogP contribution >= 0.6 is 0 Å². The SMILES string of the molecule is CC(C)=C(C)c1cc(C(=O)NCc2cccc(CN)c2)ccc1C.CCc1ccc(-c2ccccc2C(=O)O)cc1. The van der Waals surface area contributed by atoms with E-state index in [-0.39, 0.29) is 5.91 Å². The number of carboxylic acid groups (broad SMARTS) is 1. The number of nitrogens with one attached hydrogen (secondary N) is 1. The van der Waals surface area contributed by atoms with Gasteiger partial charge in [0.25, 0.3) is 5.91 Å². The molecule has 1 amide bonds. The number of carbonyl (C=O) groups excluding carboxylic acids is 1. The molecule has 0 aliphatic carbocycles. The van der Waals surface area contributed by atoms with Crippen molar-refractivity contribution in [1.82, 2.24) is 5.32 Å². The van der Waals surface area contributed by atoms with E-state index in [9.17, 15) is 9.59 Å². The van der Waals surface area contributed by atoms with Crippen molar-refractivity contribution in [1.29, 1.82) is 0 Å².